The summed E-state index contributed by atoms with van der Waals surface area (Å²) in [7, 11) is 0. The third-order valence-electron chi connectivity index (χ3n) is 3.28. The molecule has 2 saturated heterocycles. The normalized spacial score (nSPS) is 36.3. The van der Waals surface area contributed by atoms with Crippen molar-refractivity contribution in [1.82, 2.24) is 10.4 Å². The number of ether oxygens (including phenoxy) is 2. The van der Waals surface area contributed by atoms with Crippen LogP contribution in [0.25, 0.3) is 0 Å². The Labute approximate surface area is 118 Å². The van der Waals surface area contributed by atoms with E-state index in [0.717, 1.165) is 0 Å². The molecule has 1 amide bonds. The minimum Gasteiger partial charge on any atom is -0.469 e. The van der Waals surface area contributed by atoms with Crippen molar-refractivity contribution in [2.45, 2.75) is 30.7 Å². The zero-order valence-electron chi connectivity index (χ0n) is 10.7. The predicted octanol–water partition coefficient (Wildman–Crippen LogP) is -2.04. The van der Waals surface area contributed by atoms with E-state index in [2.05, 4.69) is 15.5 Å². The average Bonchev–Trinajstić information content (AvgIpc) is 2.96. The van der Waals surface area contributed by atoms with E-state index in [1.807, 2.05) is 0 Å². The minimum absolute atomic E-state index is 0.182. The fourth-order valence-electron chi connectivity index (χ4n) is 2.18. The molecule has 9 nitrogen and oxygen atoms in total. The quantitative estimate of drug-likeness (QED) is 0.462. The van der Waals surface area contributed by atoms with Gasteiger partial charge in [0.05, 0.1) is 0 Å². The third kappa shape index (κ3) is 2.47. The largest absolute Gasteiger partial charge is 0.469 e. The van der Waals surface area contributed by atoms with E-state index in [1.165, 1.54) is 24.5 Å². The Bertz CT molecular complexity index is 565. The molecule has 0 aliphatic carbocycles. The standard InChI is InChI=1S/C12H13N3O6/c16-6-8-9(7(17)12(19)21-8)20-11(6)15-14-10(18)5-1-3-13-4-2-5/h1-4,6-9,12,16-17,19H,(H,14,18)/b15-11-. The van der Waals surface area contributed by atoms with Crippen LogP contribution >= 0.6 is 0 Å². The van der Waals surface area contributed by atoms with E-state index in [9.17, 15) is 20.1 Å². The fourth-order valence-corrected chi connectivity index (χ4v) is 2.18. The van der Waals surface area contributed by atoms with Crippen LogP contribution in [0, 0.1) is 0 Å². The number of pyridine rings is 1. The van der Waals surface area contributed by atoms with Gasteiger partial charge in [-0.15, -0.1) is 5.10 Å². The summed E-state index contributed by atoms with van der Waals surface area (Å²) in [5, 5.41) is 32.5. The lowest BCUT2D eigenvalue weighted by Crippen LogP contribution is -2.32. The van der Waals surface area contributed by atoms with Crippen molar-refractivity contribution in [3.63, 3.8) is 0 Å². The molecule has 2 fully saturated rings. The topological polar surface area (TPSA) is 134 Å². The fraction of sp³-hybridized carbons (Fsp3) is 0.417. The first-order valence-corrected chi connectivity index (χ1v) is 6.22. The minimum atomic E-state index is -1.41. The number of rotatable bonds is 2. The SMILES string of the molecule is O=C(N/N=C1\OC2C(O)C(O)OC2C1O)c1ccncc1. The van der Waals surface area contributed by atoms with Gasteiger partial charge in [-0.05, 0) is 12.1 Å². The van der Waals surface area contributed by atoms with Gasteiger partial charge in [-0.3, -0.25) is 9.78 Å². The van der Waals surface area contributed by atoms with E-state index in [1.54, 1.807) is 0 Å². The monoisotopic (exact) mass is 295 g/mol. The van der Waals surface area contributed by atoms with E-state index in [-0.39, 0.29) is 5.90 Å². The van der Waals surface area contributed by atoms with Crippen LogP contribution in [0.15, 0.2) is 29.6 Å². The van der Waals surface area contributed by atoms with Gasteiger partial charge in [-0.1, -0.05) is 0 Å². The number of carbonyl (C=O) groups excluding carboxylic acids is 1. The van der Waals surface area contributed by atoms with Crippen molar-refractivity contribution in [2.24, 2.45) is 5.10 Å². The zero-order chi connectivity index (χ0) is 15.0. The van der Waals surface area contributed by atoms with Gasteiger partial charge in [-0.25, -0.2) is 5.43 Å². The highest BCUT2D eigenvalue weighted by Gasteiger charge is 2.55. The molecule has 5 atom stereocenters. The van der Waals surface area contributed by atoms with Gasteiger partial charge in [-0.2, -0.15) is 0 Å². The number of aliphatic hydroxyl groups excluding tert-OH is 3. The summed E-state index contributed by atoms with van der Waals surface area (Å²) >= 11 is 0. The van der Waals surface area contributed by atoms with Crippen molar-refractivity contribution >= 4 is 11.8 Å². The molecule has 0 spiro atoms. The lowest BCUT2D eigenvalue weighted by molar-refractivity contribution is -0.139. The first-order valence-electron chi connectivity index (χ1n) is 6.22. The van der Waals surface area contributed by atoms with Crippen LogP contribution in [0.1, 0.15) is 10.4 Å². The first-order chi connectivity index (χ1) is 10.1. The van der Waals surface area contributed by atoms with Crippen LogP contribution in [0.2, 0.25) is 0 Å². The number of nitrogens with one attached hydrogen (secondary N) is 1. The summed E-state index contributed by atoms with van der Waals surface area (Å²) in [4.78, 5) is 15.6. The molecule has 3 heterocycles. The van der Waals surface area contributed by atoms with Gasteiger partial charge in [0.2, 0.25) is 5.90 Å². The molecule has 1 aromatic heterocycles. The van der Waals surface area contributed by atoms with Gasteiger partial charge >= 0.3 is 0 Å². The number of hydrazone groups is 1. The molecule has 112 valence electrons. The highest BCUT2D eigenvalue weighted by atomic mass is 16.7. The summed E-state index contributed by atoms with van der Waals surface area (Å²) in [5.74, 6) is -0.683. The van der Waals surface area contributed by atoms with Crippen molar-refractivity contribution < 1.29 is 29.6 Å². The highest BCUT2D eigenvalue weighted by molar-refractivity contribution is 5.95. The molecule has 0 aromatic carbocycles. The van der Waals surface area contributed by atoms with Gasteiger partial charge in [0.25, 0.3) is 5.91 Å². The molecule has 1 aromatic rings. The number of hydrogen-bond donors (Lipinski definition) is 4. The smallest absolute Gasteiger partial charge is 0.271 e. The lowest BCUT2D eigenvalue weighted by Gasteiger charge is -2.12. The Morgan fingerprint density at radius 2 is 1.95 bits per heavy atom. The highest BCUT2D eigenvalue weighted by Crippen LogP contribution is 2.31. The van der Waals surface area contributed by atoms with Gasteiger partial charge in [0.1, 0.15) is 12.2 Å². The van der Waals surface area contributed by atoms with Crippen molar-refractivity contribution in [3.05, 3.63) is 30.1 Å². The van der Waals surface area contributed by atoms with Crippen molar-refractivity contribution in [3.8, 4) is 0 Å². The van der Waals surface area contributed by atoms with E-state index >= 15 is 0 Å². The average molecular weight is 295 g/mol. The molecular formula is C12H13N3O6. The number of fused-ring (bicyclic) bond motifs is 1. The first kappa shape index (κ1) is 13.9. The maximum atomic E-state index is 11.8. The second-order valence-electron chi connectivity index (χ2n) is 4.64. The Morgan fingerprint density at radius 3 is 2.62 bits per heavy atom. The Balaban J connectivity index is 1.67. The maximum absolute atomic E-state index is 11.8. The number of amides is 1. The van der Waals surface area contributed by atoms with Crippen LogP contribution in [0.5, 0.6) is 0 Å². The van der Waals surface area contributed by atoms with Crippen molar-refractivity contribution in [2.75, 3.05) is 0 Å². The number of hydrogen-bond acceptors (Lipinski definition) is 8. The van der Waals surface area contributed by atoms with Crippen LogP contribution < -0.4 is 5.43 Å². The molecule has 9 heteroatoms. The summed E-state index contributed by atoms with van der Waals surface area (Å²) in [6.45, 7) is 0. The molecule has 5 unspecified atom stereocenters. The summed E-state index contributed by atoms with van der Waals surface area (Å²) < 4.78 is 10.2. The van der Waals surface area contributed by atoms with E-state index < -0.39 is 36.6 Å². The van der Waals surface area contributed by atoms with Crippen LogP contribution in [0.4, 0.5) is 0 Å². The molecule has 4 N–H and O–H groups in total. The predicted molar refractivity (Wildman–Crippen MR) is 66.9 cm³/mol. The Hall–Kier alpha value is -2.07. The number of aromatic nitrogens is 1. The van der Waals surface area contributed by atoms with Crippen LogP contribution in [-0.4, -0.2) is 62.8 Å². The van der Waals surface area contributed by atoms with E-state index in [0.29, 0.717) is 5.56 Å². The van der Waals surface area contributed by atoms with Gasteiger partial charge in [0, 0.05) is 18.0 Å². The molecule has 2 aliphatic heterocycles. The van der Waals surface area contributed by atoms with Crippen LogP contribution in [0.3, 0.4) is 0 Å². The van der Waals surface area contributed by atoms with Crippen LogP contribution in [-0.2, 0) is 9.47 Å². The van der Waals surface area contributed by atoms with Gasteiger partial charge in [0.15, 0.2) is 18.5 Å². The second-order valence-corrected chi connectivity index (χ2v) is 4.64. The zero-order valence-corrected chi connectivity index (χ0v) is 10.7. The number of aliphatic hydroxyl groups is 3. The molecule has 0 bridgehead atoms. The van der Waals surface area contributed by atoms with E-state index in [4.69, 9.17) is 9.47 Å². The Morgan fingerprint density at radius 1 is 1.24 bits per heavy atom. The Kier molecular flexibility index (Phi) is 3.55. The molecule has 0 radical (unpaired) electrons. The lowest BCUT2D eigenvalue weighted by atomic mass is 10.1. The second kappa shape index (κ2) is 5.37. The summed E-state index contributed by atoms with van der Waals surface area (Å²) in [5.41, 5.74) is 2.56. The molecule has 3 rings (SSSR count). The third-order valence-corrected chi connectivity index (χ3v) is 3.28. The van der Waals surface area contributed by atoms with Crippen molar-refractivity contribution in [1.29, 1.82) is 0 Å². The molecule has 0 saturated carbocycles. The molecule has 21 heavy (non-hydrogen) atoms. The maximum Gasteiger partial charge on any atom is 0.271 e. The van der Waals surface area contributed by atoms with Gasteiger partial charge < -0.3 is 24.8 Å². The number of carbonyl (C=O) groups is 1. The molecule has 2 aliphatic rings. The summed E-state index contributed by atoms with van der Waals surface area (Å²) in [6.07, 6.45) is -2.91. The number of nitrogens with zero attached hydrogens (tertiary/aromatic N) is 2. The summed E-state index contributed by atoms with van der Waals surface area (Å²) in [6, 6.07) is 3.00. The molecular weight excluding hydrogens is 282 g/mol.